The Balaban J connectivity index is 1.96. The summed E-state index contributed by atoms with van der Waals surface area (Å²) < 4.78 is 69.9. The molecule has 0 amide bonds. The summed E-state index contributed by atoms with van der Waals surface area (Å²) in [6.07, 6.45) is 2.11. The van der Waals surface area contributed by atoms with E-state index in [4.69, 9.17) is 4.74 Å². The third-order valence-corrected chi connectivity index (χ3v) is 5.73. The van der Waals surface area contributed by atoms with Gasteiger partial charge in [0.15, 0.2) is 0 Å². The van der Waals surface area contributed by atoms with Crippen LogP contribution in [0.5, 0.6) is 5.75 Å². The molecule has 1 saturated heterocycles. The highest BCUT2D eigenvalue weighted by molar-refractivity contribution is 7.88. The second-order valence-electron chi connectivity index (χ2n) is 6.44. The molecule has 10 heteroatoms. The van der Waals surface area contributed by atoms with Crippen molar-refractivity contribution >= 4 is 10.1 Å². The summed E-state index contributed by atoms with van der Waals surface area (Å²) in [5, 5.41) is 11.1. The number of morpholine rings is 1. The molecule has 2 atom stereocenters. The quantitative estimate of drug-likeness (QED) is 0.622. The van der Waals surface area contributed by atoms with Gasteiger partial charge in [0.05, 0.1) is 12.6 Å². The van der Waals surface area contributed by atoms with E-state index in [9.17, 15) is 26.7 Å². The SMILES string of the molecule is CCCN1CCOC2(O)c3cc(OS(=O)(=O)C(F)(F)F)ccc3CCC12. The summed E-state index contributed by atoms with van der Waals surface area (Å²) >= 11 is 0. The molecule has 0 radical (unpaired) electrons. The van der Waals surface area contributed by atoms with Crippen LogP contribution in [-0.4, -0.2) is 49.7 Å². The fourth-order valence-corrected chi connectivity index (χ4v) is 4.08. The number of hydrogen-bond donors (Lipinski definition) is 1. The highest BCUT2D eigenvalue weighted by Gasteiger charge is 2.51. The maximum Gasteiger partial charge on any atom is 0.534 e. The first-order valence-electron chi connectivity index (χ1n) is 8.33. The molecule has 1 N–H and O–H groups in total. The zero-order valence-electron chi connectivity index (χ0n) is 14.1. The van der Waals surface area contributed by atoms with Crippen molar-refractivity contribution in [3.63, 3.8) is 0 Å². The predicted molar refractivity (Wildman–Crippen MR) is 85.9 cm³/mol. The highest BCUT2D eigenvalue weighted by Crippen LogP contribution is 2.43. The Morgan fingerprint density at radius 3 is 2.81 bits per heavy atom. The standard InChI is InChI=1S/C16H20F3NO5S/c1-2-7-20-8-9-24-15(21)13-10-12(25-26(22,23)16(17,18)19)5-3-11(13)4-6-14(15)20/h3,5,10,14,21H,2,4,6-9H2,1H3. The Hall–Kier alpha value is -1.36. The molecule has 6 nitrogen and oxygen atoms in total. The molecule has 1 heterocycles. The summed E-state index contributed by atoms with van der Waals surface area (Å²) in [5.74, 6) is -2.21. The molecule has 1 aromatic carbocycles. The first-order chi connectivity index (χ1) is 12.1. The molecule has 3 rings (SSSR count). The van der Waals surface area contributed by atoms with Gasteiger partial charge >= 0.3 is 15.6 Å². The number of fused-ring (bicyclic) bond motifs is 3. The smallest absolute Gasteiger partial charge is 0.376 e. The third kappa shape index (κ3) is 3.30. The normalized spacial score (nSPS) is 26.9. The number of nitrogens with zero attached hydrogens (tertiary/aromatic N) is 1. The summed E-state index contributed by atoms with van der Waals surface area (Å²) in [6.45, 7) is 3.68. The second-order valence-corrected chi connectivity index (χ2v) is 7.98. The van der Waals surface area contributed by atoms with Crippen molar-refractivity contribution in [1.29, 1.82) is 0 Å². The summed E-state index contributed by atoms with van der Waals surface area (Å²) in [6, 6.07) is 3.39. The molecule has 1 aliphatic carbocycles. The summed E-state index contributed by atoms with van der Waals surface area (Å²) in [7, 11) is -5.78. The van der Waals surface area contributed by atoms with Gasteiger partial charge in [-0.2, -0.15) is 21.6 Å². The van der Waals surface area contributed by atoms with Crippen LogP contribution in [0.4, 0.5) is 13.2 Å². The first kappa shape index (κ1) is 19.4. The van der Waals surface area contributed by atoms with Gasteiger partial charge in [0.1, 0.15) is 5.75 Å². The van der Waals surface area contributed by atoms with Crippen LogP contribution in [-0.2, 0) is 27.1 Å². The lowest BCUT2D eigenvalue weighted by Gasteiger charge is -2.49. The number of aryl methyl sites for hydroxylation is 1. The van der Waals surface area contributed by atoms with E-state index in [1.54, 1.807) is 0 Å². The second kappa shape index (κ2) is 6.66. The molecule has 2 unspecified atom stereocenters. The van der Waals surface area contributed by atoms with E-state index in [1.165, 1.54) is 6.07 Å². The molecule has 0 bridgehead atoms. The molecule has 26 heavy (non-hydrogen) atoms. The van der Waals surface area contributed by atoms with Gasteiger partial charge in [-0.1, -0.05) is 13.0 Å². The molecule has 2 aliphatic rings. The molecular weight excluding hydrogens is 375 g/mol. The molecular formula is C16H20F3NO5S. The molecule has 1 aromatic rings. The lowest BCUT2D eigenvalue weighted by molar-refractivity contribution is -0.283. The van der Waals surface area contributed by atoms with Crippen LogP contribution in [0.1, 0.15) is 30.9 Å². The van der Waals surface area contributed by atoms with E-state index >= 15 is 0 Å². The fraction of sp³-hybridized carbons (Fsp3) is 0.625. The van der Waals surface area contributed by atoms with E-state index in [0.29, 0.717) is 24.9 Å². The van der Waals surface area contributed by atoms with Gasteiger partial charge < -0.3 is 14.0 Å². The van der Waals surface area contributed by atoms with Crippen LogP contribution in [0.15, 0.2) is 18.2 Å². The largest absolute Gasteiger partial charge is 0.534 e. The van der Waals surface area contributed by atoms with Crippen LogP contribution in [0.25, 0.3) is 0 Å². The average molecular weight is 395 g/mol. The number of alkyl halides is 3. The van der Waals surface area contributed by atoms with Crippen LogP contribution >= 0.6 is 0 Å². The first-order valence-corrected chi connectivity index (χ1v) is 9.74. The van der Waals surface area contributed by atoms with Gasteiger partial charge in [0.25, 0.3) is 0 Å². The molecule has 146 valence electrons. The minimum atomic E-state index is -5.78. The Morgan fingerprint density at radius 1 is 1.42 bits per heavy atom. The number of ether oxygens (including phenoxy) is 1. The number of hydrogen-bond acceptors (Lipinski definition) is 6. The highest BCUT2D eigenvalue weighted by atomic mass is 32.2. The Morgan fingerprint density at radius 2 is 2.15 bits per heavy atom. The zero-order valence-corrected chi connectivity index (χ0v) is 14.9. The number of aliphatic hydroxyl groups is 1. The lowest BCUT2D eigenvalue weighted by Crippen LogP contribution is -2.59. The number of halogens is 3. The van der Waals surface area contributed by atoms with Crippen LogP contribution in [0, 0.1) is 0 Å². The van der Waals surface area contributed by atoms with Gasteiger partial charge in [-0.3, -0.25) is 4.90 Å². The lowest BCUT2D eigenvalue weighted by atomic mass is 9.81. The van der Waals surface area contributed by atoms with Gasteiger partial charge in [-0.15, -0.1) is 0 Å². The molecule has 0 spiro atoms. The van der Waals surface area contributed by atoms with Crippen molar-refractivity contribution in [1.82, 2.24) is 4.90 Å². The minimum Gasteiger partial charge on any atom is -0.376 e. The monoisotopic (exact) mass is 395 g/mol. The maximum absolute atomic E-state index is 12.5. The third-order valence-electron chi connectivity index (χ3n) is 4.75. The van der Waals surface area contributed by atoms with Crippen LogP contribution in [0.2, 0.25) is 0 Å². The van der Waals surface area contributed by atoms with Crippen molar-refractivity contribution < 1.29 is 35.6 Å². The maximum atomic E-state index is 12.5. The van der Waals surface area contributed by atoms with Crippen molar-refractivity contribution in [3.8, 4) is 5.75 Å². The Kier molecular flexibility index (Phi) is 4.97. The Bertz CT molecular complexity index is 781. The van der Waals surface area contributed by atoms with E-state index in [2.05, 4.69) is 9.08 Å². The van der Waals surface area contributed by atoms with Crippen molar-refractivity contribution in [3.05, 3.63) is 29.3 Å². The van der Waals surface area contributed by atoms with Crippen molar-refractivity contribution in [2.75, 3.05) is 19.7 Å². The van der Waals surface area contributed by atoms with E-state index < -0.39 is 27.2 Å². The van der Waals surface area contributed by atoms with E-state index in [1.807, 2.05) is 6.92 Å². The summed E-state index contributed by atoms with van der Waals surface area (Å²) in [5.41, 5.74) is -4.58. The van der Waals surface area contributed by atoms with Gasteiger partial charge in [0.2, 0.25) is 5.79 Å². The minimum absolute atomic E-state index is 0.254. The number of benzene rings is 1. The van der Waals surface area contributed by atoms with Crippen LogP contribution in [0.3, 0.4) is 0 Å². The summed E-state index contributed by atoms with van der Waals surface area (Å²) in [4.78, 5) is 2.09. The number of rotatable bonds is 4. The van der Waals surface area contributed by atoms with Gasteiger partial charge in [0, 0.05) is 12.1 Å². The van der Waals surface area contributed by atoms with Crippen molar-refractivity contribution in [2.24, 2.45) is 0 Å². The predicted octanol–water partition coefficient (Wildman–Crippen LogP) is 2.12. The average Bonchev–Trinajstić information content (AvgIpc) is 2.54. The zero-order chi connectivity index (χ0) is 19.2. The topological polar surface area (TPSA) is 76.1 Å². The van der Waals surface area contributed by atoms with E-state index in [0.717, 1.165) is 25.1 Å². The van der Waals surface area contributed by atoms with E-state index in [-0.39, 0.29) is 18.2 Å². The van der Waals surface area contributed by atoms with Crippen LogP contribution < -0.4 is 4.18 Å². The molecule has 1 aliphatic heterocycles. The Labute approximate surface area is 149 Å². The fourth-order valence-electron chi connectivity index (χ4n) is 3.63. The molecule has 0 saturated carbocycles. The molecule has 0 aromatic heterocycles. The van der Waals surface area contributed by atoms with Gasteiger partial charge in [-0.05, 0) is 43.5 Å². The molecule has 1 fully saturated rings. The van der Waals surface area contributed by atoms with Gasteiger partial charge in [-0.25, -0.2) is 0 Å². The van der Waals surface area contributed by atoms with Crippen molar-refractivity contribution in [2.45, 2.75) is 43.5 Å².